The molecule has 1 aliphatic carbocycles. The van der Waals surface area contributed by atoms with E-state index in [1.807, 2.05) is 0 Å². The molecule has 48 heavy (non-hydrogen) atoms. The van der Waals surface area contributed by atoms with Gasteiger partial charge in [0.25, 0.3) is 0 Å². The molecule has 0 heteroatoms. The van der Waals surface area contributed by atoms with E-state index in [-0.39, 0.29) is 0 Å². The van der Waals surface area contributed by atoms with Gasteiger partial charge in [0.15, 0.2) is 0 Å². The van der Waals surface area contributed by atoms with Crippen LogP contribution in [0.2, 0.25) is 0 Å². The highest BCUT2D eigenvalue weighted by Crippen LogP contribution is 2.46. The fourth-order valence-electron chi connectivity index (χ4n) is 8.59. The highest BCUT2D eigenvalue weighted by molar-refractivity contribution is 5.83. The number of benzene rings is 4. The average Bonchev–Trinajstić information content (AvgIpc) is 3.14. The lowest BCUT2D eigenvalue weighted by atomic mass is 9.74. The molecule has 0 bridgehead atoms. The Kier molecular flexibility index (Phi) is 14.4. The number of hydrogen-bond donors (Lipinski definition) is 0. The SMILES string of the molecule is CCCCCCc1ccc(-c2cc(C3CCCCC3)c(-c3ccccc3)c(CCCC)c2CC)c(CCCCC)c1Cc1ccccc1. The van der Waals surface area contributed by atoms with Gasteiger partial charge in [0.05, 0.1) is 0 Å². The summed E-state index contributed by atoms with van der Waals surface area (Å²) in [5.74, 6) is 0.657. The van der Waals surface area contributed by atoms with E-state index >= 15 is 0 Å². The first-order valence-corrected chi connectivity index (χ1v) is 20.1. The first kappa shape index (κ1) is 36.2. The summed E-state index contributed by atoms with van der Waals surface area (Å²) in [7, 11) is 0. The zero-order chi connectivity index (χ0) is 33.6. The van der Waals surface area contributed by atoms with Crippen LogP contribution in [0.4, 0.5) is 0 Å². The normalized spacial score (nSPS) is 13.7. The summed E-state index contributed by atoms with van der Waals surface area (Å²) < 4.78 is 0. The molecular weight excluding hydrogens is 577 g/mol. The lowest BCUT2D eigenvalue weighted by molar-refractivity contribution is 0.444. The van der Waals surface area contributed by atoms with Crippen LogP contribution in [0.3, 0.4) is 0 Å². The molecule has 0 spiro atoms. The van der Waals surface area contributed by atoms with Crippen LogP contribution >= 0.6 is 0 Å². The molecule has 0 N–H and O–H groups in total. The van der Waals surface area contributed by atoms with E-state index in [0.717, 1.165) is 12.8 Å². The first-order chi connectivity index (χ1) is 23.7. The molecule has 0 heterocycles. The van der Waals surface area contributed by atoms with Crippen LogP contribution < -0.4 is 0 Å². The van der Waals surface area contributed by atoms with E-state index in [1.165, 1.54) is 120 Å². The van der Waals surface area contributed by atoms with E-state index in [2.05, 4.69) is 107 Å². The second-order valence-electron chi connectivity index (χ2n) is 14.7. The Morgan fingerprint density at radius 3 is 1.85 bits per heavy atom. The van der Waals surface area contributed by atoms with Crippen molar-refractivity contribution in [1.29, 1.82) is 0 Å². The maximum absolute atomic E-state index is 2.73. The summed E-state index contributed by atoms with van der Waals surface area (Å²) in [6.07, 6.45) is 24.0. The van der Waals surface area contributed by atoms with Crippen LogP contribution in [0.15, 0.2) is 78.9 Å². The third-order valence-corrected chi connectivity index (χ3v) is 11.2. The molecule has 1 saturated carbocycles. The number of hydrogen-bond acceptors (Lipinski definition) is 0. The van der Waals surface area contributed by atoms with Gasteiger partial charge in [0.2, 0.25) is 0 Å². The van der Waals surface area contributed by atoms with Crippen molar-refractivity contribution < 1.29 is 0 Å². The van der Waals surface area contributed by atoms with Crippen molar-refractivity contribution in [2.24, 2.45) is 0 Å². The molecule has 0 radical (unpaired) electrons. The largest absolute Gasteiger partial charge is 0.0654 e. The highest BCUT2D eigenvalue weighted by atomic mass is 14.3. The lowest BCUT2D eigenvalue weighted by Crippen LogP contribution is -2.12. The Balaban J connectivity index is 1.77. The second-order valence-corrected chi connectivity index (χ2v) is 14.7. The van der Waals surface area contributed by atoms with Crippen molar-refractivity contribution in [3.63, 3.8) is 0 Å². The lowest BCUT2D eigenvalue weighted by Gasteiger charge is -2.30. The molecule has 0 aliphatic heterocycles. The summed E-state index contributed by atoms with van der Waals surface area (Å²) in [6, 6.07) is 30.7. The third kappa shape index (κ3) is 9.11. The molecule has 0 atom stereocenters. The van der Waals surface area contributed by atoms with Gasteiger partial charge in [-0.1, -0.05) is 158 Å². The predicted molar refractivity (Wildman–Crippen MR) is 211 cm³/mol. The molecule has 0 nitrogen and oxygen atoms in total. The Hall–Kier alpha value is -3.12. The summed E-state index contributed by atoms with van der Waals surface area (Å²) in [5, 5.41) is 0. The Morgan fingerprint density at radius 2 is 1.17 bits per heavy atom. The fraction of sp³-hybridized carbons (Fsp3) is 0.500. The predicted octanol–water partition coefficient (Wildman–Crippen LogP) is 14.4. The van der Waals surface area contributed by atoms with Crippen molar-refractivity contribution in [1.82, 2.24) is 0 Å². The quantitative estimate of drug-likeness (QED) is 0.0949. The summed E-state index contributed by atoms with van der Waals surface area (Å²) in [5.41, 5.74) is 17.4. The average molecular weight is 641 g/mol. The second kappa shape index (κ2) is 19.2. The first-order valence-electron chi connectivity index (χ1n) is 20.1. The molecule has 1 aliphatic rings. The minimum atomic E-state index is 0.657. The van der Waals surface area contributed by atoms with Gasteiger partial charge in [-0.15, -0.1) is 0 Å². The van der Waals surface area contributed by atoms with Crippen molar-refractivity contribution in [3.05, 3.63) is 118 Å². The van der Waals surface area contributed by atoms with Crippen LogP contribution in [-0.4, -0.2) is 0 Å². The van der Waals surface area contributed by atoms with Crippen molar-refractivity contribution in [2.45, 2.75) is 156 Å². The Labute approximate surface area is 294 Å². The van der Waals surface area contributed by atoms with Gasteiger partial charge in [-0.25, -0.2) is 0 Å². The molecule has 4 aromatic carbocycles. The molecule has 4 aromatic rings. The molecule has 5 rings (SSSR count). The van der Waals surface area contributed by atoms with E-state index in [0.29, 0.717) is 5.92 Å². The molecule has 0 aromatic heterocycles. The maximum atomic E-state index is 2.73. The van der Waals surface area contributed by atoms with Crippen LogP contribution in [0.25, 0.3) is 22.3 Å². The monoisotopic (exact) mass is 641 g/mol. The van der Waals surface area contributed by atoms with Crippen LogP contribution in [0, 0.1) is 0 Å². The number of aryl methyl sites for hydroxylation is 1. The van der Waals surface area contributed by atoms with Gasteiger partial charge < -0.3 is 0 Å². The van der Waals surface area contributed by atoms with E-state index in [9.17, 15) is 0 Å². The standard InChI is InChI=1S/C48H64/c1-5-9-12-19-28-39-33-34-43(42(32-16-10-6-2)45(39)35-37-24-17-13-18-25-37)47-36-46(38-26-20-14-21-27-38)48(40-29-22-15-23-30-40)44(31-11-7-3)41(47)8-4/h13,15,17-18,22-25,29-30,33-34,36,38H,5-12,14,16,19-21,26-28,31-32,35H2,1-4H3. The van der Waals surface area contributed by atoms with Gasteiger partial charge in [-0.2, -0.15) is 0 Å². The van der Waals surface area contributed by atoms with Gasteiger partial charge in [0.1, 0.15) is 0 Å². The maximum Gasteiger partial charge on any atom is -0.00201 e. The van der Waals surface area contributed by atoms with E-state index in [4.69, 9.17) is 0 Å². The fourth-order valence-corrected chi connectivity index (χ4v) is 8.59. The van der Waals surface area contributed by atoms with Crippen LogP contribution in [0.1, 0.15) is 162 Å². The van der Waals surface area contributed by atoms with Crippen LogP contribution in [-0.2, 0) is 32.1 Å². The Bertz CT molecular complexity index is 1520. The highest BCUT2D eigenvalue weighted by Gasteiger charge is 2.26. The molecule has 256 valence electrons. The summed E-state index contributed by atoms with van der Waals surface area (Å²) >= 11 is 0. The van der Waals surface area contributed by atoms with E-state index < -0.39 is 0 Å². The summed E-state index contributed by atoms with van der Waals surface area (Å²) in [4.78, 5) is 0. The smallest absolute Gasteiger partial charge is 0.00201 e. The topological polar surface area (TPSA) is 0 Å². The zero-order valence-corrected chi connectivity index (χ0v) is 31.0. The zero-order valence-electron chi connectivity index (χ0n) is 31.0. The van der Waals surface area contributed by atoms with Gasteiger partial charge in [0, 0.05) is 0 Å². The molecular formula is C48H64. The molecule has 1 fully saturated rings. The third-order valence-electron chi connectivity index (χ3n) is 11.2. The molecule has 0 amide bonds. The molecule has 0 unspecified atom stereocenters. The number of rotatable bonds is 18. The van der Waals surface area contributed by atoms with Crippen molar-refractivity contribution in [3.8, 4) is 22.3 Å². The summed E-state index contributed by atoms with van der Waals surface area (Å²) in [6.45, 7) is 9.46. The van der Waals surface area contributed by atoms with E-state index in [1.54, 1.807) is 50.1 Å². The van der Waals surface area contributed by atoms with Crippen molar-refractivity contribution in [2.75, 3.05) is 0 Å². The Morgan fingerprint density at radius 1 is 0.521 bits per heavy atom. The van der Waals surface area contributed by atoms with Gasteiger partial charge in [-0.3, -0.25) is 0 Å². The van der Waals surface area contributed by atoms with Crippen LogP contribution in [0.5, 0.6) is 0 Å². The van der Waals surface area contributed by atoms with Gasteiger partial charge in [-0.05, 0) is 137 Å². The molecule has 0 saturated heterocycles. The van der Waals surface area contributed by atoms with Crippen molar-refractivity contribution >= 4 is 0 Å². The van der Waals surface area contributed by atoms with Gasteiger partial charge >= 0.3 is 0 Å². The number of unbranched alkanes of at least 4 members (excludes halogenated alkanes) is 6. The minimum Gasteiger partial charge on any atom is -0.0654 e. The minimum absolute atomic E-state index is 0.657.